The maximum atomic E-state index is 12.6. The number of para-hydroxylation sites is 1. The molecule has 0 radical (unpaired) electrons. The minimum atomic E-state index is -0.729. The fourth-order valence-electron chi connectivity index (χ4n) is 2.93. The van der Waals surface area contributed by atoms with E-state index in [1.165, 1.54) is 13.2 Å². The quantitative estimate of drug-likeness (QED) is 0.396. The highest BCUT2D eigenvalue weighted by atomic mass is 32.1. The molecule has 2 rings (SSSR count). The van der Waals surface area contributed by atoms with Crippen LogP contribution in [0.1, 0.15) is 31.9 Å². The number of benzene rings is 2. The van der Waals surface area contributed by atoms with E-state index in [1.807, 2.05) is 19.9 Å². The monoisotopic (exact) mass is 433 g/mol. The van der Waals surface area contributed by atoms with Gasteiger partial charge in [0, 0.05) is 11.1 Å². The van der Waals surface area contributed by atoms with E-state index in [0.29, 0.717) is 23.4 Å². The van der Waals surface area contributed by atoms with E-state index in [2.05, 4.69) is 17.9 Å². The van der Waals surface area contributed by atoms with Gasteiger partial charge in [-0.1, -0.05) is 38.1 Å². The number of phenols is 1. The van der Waals surface area contributed by atoms with Crippen molar-refractivity contribution in [2.75, 3.05) is 24.8 Å². The van der Waals surface area contributed by atoms with Crippen LogP contribution < -0.4 is 10.1 Å². The van der Waals surface area contributed by atoms with Crippen molar-refractivity contribution in [3.05, 3.63) is 54.1 Å². The molecule has 0 unspecified atom stereocenters. The average molecular weight is 434 g/mol. The Bertz CT molecular complexity index is 856. The highest BCUT2D eigenvalue weighted by Crippen LogP contribution is 2.42. The van der Waals surface area contributed by atoms with Crippen molar-refractivity contribution < 1.29 is 28.9 Å². The summed E-state index contributed by atoms with van der Waals surface area (Å²) >= 11 is 3.89. The van der Waals surface area contributed by atoms with Gasteiger partial charge in [-0.05, 0) is 36.2 Å². The summed E-state index contributed by atoms with van der Waals surface area (Å²) in [5.74, 6) is -0.182. The van der Waals surface area contributed by atoms with Gasteiger partial charge in [0.05, 0.1) is 19.5 Å². The van der Waals surface area contributed by atoms with Crippen LogP contribution in [0.2, 0.25) is 0 Å². The van der Waals surface area contributed by atoms with E-state index in [1.54, 1.807) is 36.4 Å². The van der Waals surface area contributed by atoms with E-state index < -0.39 is 23.6 Å². The number of ether oxygens (including phenoxy) is 3. The van der Waals surface area contributed by atoms with Gasteiger partial charge in [-0.25, -0.2) is 4.79 Å². The van der Waals surface area contributed by atoms with Gasteiger partial charge < -0.3 is 19.3 Å². The van der Waals surface area contributed by atoms with Crippen LogP contribution in [-0.2, 0) is 14.3 Å². The van der Waals surface area contributed by atoms with E-state index >= 15 is 0 Å². The Hall–Kier alpha value is -2.87. The topological polar surface area (TPSA) is 94.1 Å². The van der Waals surface area contributed by atoms with Crippen LogP contribution in [0.25, 0.3) is 0 Å². The summed E-state index contributed by atoms with van der Waals surface area (Å²) in [6, 6.07) is 13.8. The Balaban J connectivity index is 2.23. The largest absolute Gasteiger partial charge is 0.504 e. The molecular formula is C22H27NO6S. The van der Waals surface area contributed by atoms with Crippen molar-refractivity contribution in [2.24, 2.45) is 5.41 Å². The molecule has 8 heteroatoms. The minimum Gasteiger partial charge on any atom is -0.504 e. The molecule has 0 aliphatic rings. The fourth-order valence-corrected chi connectivity index (χ4v) is 3.02. The Morgan fingerprint density at radius 2 is 1.87 bits per heavy atom. The van der Waals surface area contributed by atoms with Crippen molar-refractivity contribution >= 4 is 30.4 Å². The number of thiol groups is 1. The third kappa shape index (κ3) is 6.59. The molecule has 2 aromatic carbocycles. The zero-order valence-electron chi connectivity index (χ0n) is 17.3. The minimum absolute atomic E-state index is 0.00775. The molecule has 0 bridgehead atoms. The summed E-state index contributed by atoms with van der Waals surface area (Å²) in [4.78, 5) is 24.0. The Morgan fingerprint density at radius 3 is 2.47 bits per heavy atom. The summed E-state index contributed by atoms with van der Waals surface area (Å²) in [5.41, 5.74) is 0.563. The number of aromatic hydroxyl groups is 1. The number of carbonyl (C=O) groups is 2. The van der Waals surface area contributed by atoms with Gasteiger partial charge in [0.15, 0.2) is 11.5 Å². The first kappa shape index (κ1) is 23.4. The molecule has 7 nitrogen and oxygen atoms in total. The number of esters is 1. The lowest BCUT2D eigenvalue weighted by atomic mass is 9.79. The molecule has 0 heterocycles. The van der Waals surface area contributed by atoms with E-state index in [9.17, 15) is 14.7 Å². The lowest BCUT2D eigenvalue weighted by molar-refractivity contribution is -0.141. The number of amides is 1. The molecule has 1 atom stereocenters. The summed E-state index contributed by atoms with van der Waals surface area (Å²) in [5, 5.41) is 12.9. The lowest BCUT2D eigenvalue weighted by Crippen LogP contribution is -2.30. The van der Waals surface area contributed by atoms with Gasteiger partial charge in [-0.15, -0.1) is 0 Å². The number of phenolic OH excluding ortho intramolecular Hbond substituents is 1. The predicted molar refractivity (Wildman–Crippen MR) is 117 cm³/mol. The number of rotatable bonds is 9. The standard InChI is InChI=1S/C22H27NO6S/c1-22(2,11-12-28-19(25)14-30)20(15-9-10-18(27-3)17(24)13-15)29-21(26)23-16-7-5-4-6-8-16/h4-10,13,20,24,30H,11-12,14H2,1-3H3,(H,23,26)/t20-/m1/s1. The first-order valence-corrected chi connectivity index (χ1v) is 10.1. The van der Waals surface area contributed by atoms with Crippen LogP contribution in [0.4, 0.5) is 10.5 Å². The molecule has 30 heavy (non-hydrogen) atoms. The van der Waals surface area contributed by atoms with Crippen LogP contribution in [0.3, 0.4) is 0 Å². The number of methoxy groups -OCH3 is 1. The van der Waals surface area contributed by atoms with Gasteiger partial charge in [-0.2, -0.15) is 12.6 Å². The number of hydrogen-bond acceptors (Lipinski definition) is 7. The summed E-state index contributed by atoms with van der Waals surface area (Å²) in [6.45, 7) is 3.93. The molecule has 0 saturated carbocycles. The van der Waals surface area contributed by atoms with E-state index in [-0.39, 0.29) is 18.1 Å². The second-order valence-corrected chi connectivity index (χ2v) is 7.64. The van der Waals surface area contributed by atoms with Crippen molar-refractivity contribution in [1.82, 2.24) is 0 Å². The second-order valence-electron chi connectivity index (χ2n) is 7.32. The highest BCUT2D eigenvalue weighted by molar-refractivity contribution is 7.81. The molecule has 1 amide bonds. The number of hydrogen-bond donors (Lipinski definition) is 3. The Morgan fingerprint density at radius 1 is 1.17 bits per heavy atom. The summed E-state index contributed by atoms with van der Waals surface area (Å²) in [7, 11) is 1.45. The highest BCUT2D eigenvalue weighted by Gasteiger charge is 2.35. The van der Waals surface area contributed by atoms with Gasteiger partial charge in [0.1, 0.15) is 6.10 Å². The van der Waals surface area contributed by atoms with Gasteiger partial charge in [0.25, 0.3) is 0 Å². The lowest BCUT2D eigenvalue weighted by Gasteiger charge is -2.34. The molecule has 2 N–H and O–H groups in total. The van der Waals surface area contributed by atoms with Gasteiger partial charge in [-0.3, -0.25) is 10.1 Å². The van der Waals surface area contributed by atoms with Crippen molar-refractivity contribution in [1.29, 1.82) is 0 Å². The maximum Gasteiger partial charge on any atom is 0.412 e. The fraction of sp³-hybridized carbons (Fsp3) is 0.364. The number of carbonyl (C=O) groups excluding carboxylic acids is 2. The van der Waals surface area contributed by atoms with Gasteiger partial charge >= 0.3 is 12.1 Å². The zero-order chi connectivity index (χ0) is 22.1. The van der Waals surface area contributed by atoms with Crippen LogP contribution >= 0.6 is 12.6 Å². The summed E-state index contributed by atoms with van der Waals surface area (Å²) in [6.07, 6.45) is -0.947. The first-order chi connectivity index (χ1) is 14.3. The van der Waals surface area contributed by atoms with E-state index in [4.69, 9.17) is 14.2 Å². The first-order valence-electron chi connectivity index (χ1n) is 9.43. The smallest absolute Gasteiger partial charge is 0.412 e. The average Bonchev–Trinajstić information content (AvgIpc) is 2.72. The second kappa shape index (κ2) is 10.8. The SMILES string of the molecule is COc1ccc([C@@H](OC(=O)Nc2ccccc2)C(C)(C)CCOC(=O)CS)cc1O. The maximum absolute atomic E-state index is 12.6. The third-order valence-corrected chi connectivity index (χ3v) is 4.86. The molecule has 0 spiro atoms. The molecule has 0 aliphatic heterocycles. The van der Waals surface area contributed by atoms with Crippen LogP contribution in [0.15, 0.2) is 48.5 Å². The van der Waals surface area contributed by atoms with Crippen LogP contribution in [0, 0.1) is 5.41 Å². The number of anilines is 1. The zero-order valence-corrected chi connectivity index (χ0v) is 18.1. The Labute approximate surface area is 181 Å². The predicted octanol–water partition coefficient (Wildman–Crippen LogP) is 4.58. The summed E-state index contributed by atoms with van der Waals surface area (Å²) < 4.78 is 16.0. The van der Waals surface area contributed by atoms with Crippen molar-refractivity contribution in [2.45, 2.75) is 26.4 Å². The molecule has 162 valence electrons. The van der Waals surface area contributed by atoms with Gasteiger partial charge in [0.2, 0.25) is 0 Å². The van der Waals surface area contributed by atoms with Crippen molar-refractivity contribution in [3.63, 3.8) is 0 Å². The third-order valence-electron chi connectivity index (χ3n) is 4.60. The van der Waals surface area contributed by atoms with Crippen LogP contribution in [0.5, 0.6) is 11.5 Å². The molecule has 0 aliphatic carbocycles. The number of nitrogens with one attached hydrogen (secondary N) is 1. The molecule has 0 aromatic heterocycles. The molecular weight excluding hydrogens is 406 g/mol. The van der Waals surface area contributed by atoms with Crippen LogP contribution in [-0.4, -0.2) is 36.6 Å². The molecule has 0 saturated heterocycles. The molecule has 2 aromatic rings. The van der Waals surface area contributed by atoms with E-state index in [0.717, 1.165) is 0 Å². The normalized spacial score (nSPS) is 12.0. The molecule has 0 fully saturated rings. The Kier molecular flexibility index (Phi) is 8.41. The van der Waals surface area contributed by atoms with Crippen molar-refractivity contribution in [3.8, 4) is 11.5 Å².